The van der Waals surface area contributed by atoms with Crippen molar-refractivity contribution in [1.82, 2.24) is 40.0 Å². The number of nitrogens with one attached hydrogen (secondary N) is 2. The van der Waals surface area contributed by atoms with E-state index in [0.717, 1.165) is 65.2 Å². The zero-order valence-corrected chi connectivity index (χ0v) is 18.0. The molecule has 32 heavy (non-hydrogen) atoms. The first-order valence-electron chi connectivity index (χ1n) is 10.7. The molecule has 2 N–H and O–H groups in total. The molecule has 0 aliphatic carbocycles. The highest BCUT2D eigenvalue weighted by Gasteiger charge is 2.21. The zero-order valence-electron chi connectivity index (χ0n) is 18.0. The molecule has 0 aromatic carbocycles. The summed E-state index contributed by atoms with van der Waals surface area (Å²) in [7, 11) is 2.16. The fraction of sp³-hybridized carbons (Fsp3) is 0.261. The van der Waals surface area contributed by atoms with Gasteiger partial charge in [-0.25, -0.2) is 15.0 Å². The summed E-state index contributed by atoms with van der Waals surface area (Å²) in [5.41, 5.74) is 8.05. The van der Waals surface area contributed by atoms with E-state index in [0.29, 0.717) is 17.2 Å². The zero-order chi connectivity index (χ0) is 21.7. The Morgan fingerprint density at radius 3 is 2.69 bits per heavy atom. The van der Waals surface area contributed by atoms with Crippen molar-refractivity contribution >= 4 is 27.9 Å². The Morgan fingerprint density at radius 2 is 1.84 bits per heavy atom. The number of anilines is 1. The third-order valence-corrected chi connectivity index (χ3v) is 6.16. The SMILES string of the molecule is Cc1ccncc1-c1ccc2[nH]nc(-c3nc4nccc(N5CCN(C)CC5)c4[nH]3)c2n1. The van der Waals surface area contributed by atoms with E-state index in [1.165, 1.54) is 0 Å². The van der Waals surface area contributed by atoms with Gasteiger partial charge in [-0.05, 0) is 43.8 Å². The molecule has 6 heterocycles. The molecule has 0 unspecified atom stereocenters. The van der Waals surface area contributed by atoms with E-state index < -0.39 is 0 Å². The van der Waals surface area contributed by atoms with Crippen LogP contribution in [-0.4, -0.2) is 73.2 Å². The number of hydrogen-bond acceptors (Lipinski definition) is 7. The third kappa shape index (κ3) is 3.09. The highest BCUT2D eigenvalue weighted by molar-refractivity contribution is 5.93. The summed E-state index contributed by atoms with van der Waals surface area (Å²) < 4.78 is 0. The summed E-state index contributed by atoms with van der Waals surface area (Å²) in [4.78, 5) is 26.6. The lowest BCUT2D eigenvalue weighted by Gasteiger charge is -2.34. The Labute approximate surface area is 184 Å². The second-order valence-corrected chi connectivity index (χ2v) is 8.26. The average molecular weight is 426 g/mol. The molecule has 1 fully saturated rings. The molecule has 1 saturated heterocycles. The van der Waals surface area contributed by atoms with Crippen molar-refractivity contribution in [3.05, 3.63) is 48.4 Å². The summed E-state index contributed by atoms with van der Waals surface area (Å²) in [6, 6.07) is 8.03. The van der Waals surface area contributed by atoms with E-state index in [2.05, 4.69) is 55.0 Å². The van der Waals surface area contributed by atoms with Crippen molar-refractivity contribution in [2.45, 2.75) is 6.92 Å². The van der Waals surface area contributed by atoms with Crippen LogP contribution in [0.4, 0.5) is 5.69 Å². The smallest absolute Gasteiger partial charge is 0.180 e. The molecule has 0 amide bonds. The number of pyridine rings is 3. The Morgan fingerprint density at radius 1 is 0.969 bits per heavy atom. The van der Waals surface area contributed by atoms with Gasteiger partial charge in [0.1, 0.15) is 11.0 Å². The molecule has 0 atom stereocenters. The lowest BCUT2D eigenvalue weighted by atomic mass is 10.1. The number of aromatic amines is 2. The number of likely N-dealkylation sites (N-methyl/N-ethyl adjacent to an activating group) is 1. The van der Waals surface area contributed by atoms with Crippen LogP contribution < -0.4 is 4.90 Å². The minimum atomic E-state index is 0.660. The minimum absolute atomic E-state index is 0.660. The monoisotopic (exact) mass is 425 g/mol. The molecule has 0 saturated carbocycles. The molecular weight excluding hydrogens is 402 g/mol. The highest BCUT2D eigenvalue weighted by Crippen LogP contribution is 2.31. The second-order valence-electron chi connectivity index (χ2n) is 8.26. The Balaban J connectivity index is 1.45. The van der Waals surface area contributed by atoms with Crippen LogP contribution in [0.1, 0.15) is 5.56 Å². The Hall–Kier alpha value is -3.85. The van der Waals surface area contributed by atoms with Gasteiger partial charge in [-0.1, -0.05) is 0 Å². The van der Waals surface area contributed by atoms with Gasteiger partial charge in [0, 0.05) is 50.3 Å². The maximum absolute atomic E-state index is 4.90. The van der Waals surface area contributed by atoms with Crippen LogP contribution in [0.3, 0.4) is 0 Å². The van der Waals surface area contributed by atoms with Gasteiger partial charge in [-0.15, -0.1) is 0 Å². The Bertz CT molecular complexity index is 1430. The maximum atomic E-state index is 4.90. The fourth-order valence-electron chi connectivity index (χ4n) is 4.27. The standard InChI is InChI=1S/C23H23N9/c1-14-5-7-24-13-15(14)16-3-4-17-19(26-16)21(30-29-17)23-27-20-18(6-8-25-22(20)28-23)32-11-9-31(2)10-12-32/h3-8,13H,9-12H2,1-2H3,(H,29,30)(H,25,27,28). The molecule has 5 aromatic rings. The summed E-state index contributed by atoms with van der Waals surface area (Å²) in [5, 5.41) is 7.61. The van der Waals surface area contributed by atoms with Crippen molar-refractivity contribution in [2.24, 2.45) is 0 Å². The summed E-state index contributed by atoms with van der Waals surface area (Å²) in [5.74, 6) is 0.660. The predicted octanol–water partition coefficient (Wildman–Crippen LogP) is 3.02. The van der Waals surface area contributed by atoms with Crippen LogP contribution >= 0.6 is 0 Å². The topological polar surface area (TPSA) is 103 Å². The molecule has 0 bridgehead atoms. The minimum Gasteiger partial charge on any atom is -0.367 e. The highest BCUT2D eigenvalue weighted by atomic mass is 15.3. The van der Waals surface area contributed by atoms with Crippen molar-refractivity contribution < 1.29 is 0 Å². The van der Waals surface area contributed by atoms with Gasteiger partial charge < -0.3 is 14.8 Å². The quantitative estimate of drug-likeness (QED) is 0.458. The third-order valence-electron chi connectivity index (χ3n) is 6.16. The number of rotatable bonds is 3. The first-order chi connectivity index (χ1) is 15.7. The van der Waals surface area contributed by atoms with Crippen molar-refractivity contribution in [2.75, 3.05) is 38.1 Å². The number of aryl methyl sites for hydroxylation is 1. The molecular formula is C23H23N9. The van der Waals surface area contributed by atoms with Gasteiger partial charge in [0.05, 0.1) is 16.9 Å². The van der Waals surface area contributed by atoms with E-state index in [1.807, 2.05) is 30.6 Å². The average Bonchev–Trinajstić information content (AvgIpc) is 3.43. The molecule has 6 rings (SSSR count). The van der Waals surface area contributed by atoms with Crippen molar-refractivity contribution in [3.8, 4) is 22.8 Å². The molecule has 1 aliphatic heterocycles. The van der Waals surface area contributed by atoms with Crippen LogP contribution in [0.15, 0.2) is 42.9 Å². The number of H-pyrrole nitrogens is 2. The molecule has 160 valence electrons. The normalized spacial score (nSPS) is 15.1. The van der Waals surface area contributed by atoms with E-state index in [-0.39, 0.29) is 0 Å². The van der Waals surface area contributed by atoms with Gasteiger partial charge in [0.15, 0.2) is 17.2 Å². The molecule has 1 aliphatic rings. The lowest BCUT2D eigenvalue weighted by molar-refractivity contribution is 0.313. The van der Waals surface area contributed by atoms with Crippen LogP contribution in [0.2, 0.25) is 0 Å². The van der Waals surface area contributed by atoms with E-state index in [9.17, 15) is 0 Å². The van der Waals surface area contributed by atoms with Crippen molar-refractivity contribution in [1.29, 1.82) is 0 Å². The molecule has 5 aromatic heterocycles. The summed E-state index contributed by atoms with van der Waals surface area (Å²) in [6.07, 6.45) is 5.46. The maximum Gasteiger partial charge on any atom is 0.180 e. The first-order valence-corrected chi connectivity index (χ1v) is 10.7. The summed E-state index contributed by atoms with van der Waals surface area (Å²) in [6.45, 7) is 6.09. The van der Waals surface area contributed by atoms with E-state index in [4.69, 9.17) is 9.97 Å². The van der Waals surface area contributed by atoms with E-state index >= 15 is 0 Å². The van der Waals surface area contributed by atoms with Gasteiger partial charge in [0.25, 0.3) is 0 Å². The number of hydrogen-bond donors (Lipinski definition) is 2. The van der Waals surface area contributed by atoms with Crippen LogP contribution in [-0.2, 0) is 0 Å². The van der Waals surface area contributed by atoms with E-state index in [1.54, 1.807) is 6.20 Å². The molecule has 0 radical (unpaired) electrons. The largest absolute Gasteiger partial charge is 0.367 e. The first kappa shape index (κ1) is 18.9. The molecule has 9 nitrogen and oxygen atoms in total. The van der Waals surface area contributed by atoms with Gasteiger partial charge in [0.2, 0.25) is 0 Å². The van der Waals surface area contributed by atoms with Gasteiger partial charge >= 0.3 is 0 Å². The predicted molar refractivity (Wildman–Crippen MR) is 124 cm³/mol. The summed E-state index contributed by atoms with van der Waals surface area (Å²) >= 11 is 0. The second kappa shape index (κ2) is 7.38. The fourth-order valence-corrected chi connectivity index (χ4v) is 4.27. The number of aromatic nitrogens is 7. The number of fused-ring (bicyclic) bond motifs is 2. The number of piperazine rings is 1. The van der Waals surface area contributed by atoms with Crippen LogP contribution in [0.25, 0.3) is 45.0 Å². The Kier molecular flexibility index (Phi) is 4.36. The van der Waals surface area contributed by atoms with Crippen molar-refractivity contribution in [3.63, 3.8) is 0 Å². The number of imidazole rings is 1. The van der Waals surface area contributed by atoms with Crippen LogP contribution in [0, 0.1) is 6.92 Å². The van der Waals surface area contributed by atoms with Crippen LogP contribution in [0.5, 0.6) is 0 Å². The van der Waals surface area contributed by atoms with Gasteiger partial charge in [-0.3, -0.25) is 10.1 Å². The molecule has 0 spiro atoms. The lowest BCUT2D eigenvalue weighted by Crippen LogP contribution is -2.44. The number of nitrogens with zero attached hydrogens (tertiary/aromatic N) is 7. The molecule has 9 heteroatoms. The van der Waals surface area contributed by atoms with Gasteiger partial charge in [-0.2, -0.15) is 5.10 Å².